The molecule has 0 fully saturated rings. The van der Waals surface area contributed by atoms with Crippen LogP contribution in [0.25, 0.3) is 0 Å². The fourth-order valence-corrected chi connectivity index (χ4v) is 2.21. The van der Waals surface area contributed by atoms with Crippen LogP contribution < -0.4 is 5.32 Å². The third kappa shape index (κ3) is 4.10. The van der Waals surface area contributed by atoms with E-state index in [-0.39, 0.29) is 17.7 Å². The number of rotatable bonds is 5. The summed E-state index contributed by atoms with van der Waals surface area (Å²) in [6, 6.07) is 16.1. The van der Waals surface area contributed by atoms with Gasteiger partial charge >= 0.3 is 0 Å². The summed E-state index contributed by atoms with van der Waals surface area (Å²) >= 11 is 0. The number of phenols is 1. The van der Waals surface area contributed by atoms with Crippen molar-refractivity contribution in [1.29, 1.82) is 5.26 Å². The Morgan fingerprint density at radius 1 is 1.23 bits per heavy atom. The number of aromatic hydroxyl groups is 1. The molecule has 22 heavy (non-hydrogen) atoms. The van der Waals surface area contributed by atoms with Crippen LogP contribution in [0.3, 0.4) is 0 Å². The van der Waals surface area contributed by atoms with Gasteiger partial charge in [0.1, 0.15) is 5.75 Å². The quantitative estimate of drug-likeness (QED) is 0.890. The second-order valence-corrected chi connectivity index (χ2v) is 5.15. The maximum atomic E-state index is 12.0. The van der Waals surface area contributed by atoms with Gasteiger partial charge in [0.2, 0.25) is 5.91 Å². The van der Waals surface area contributed by atoms with E-state index >= 15 is 0 Å². The summed E-state index contributed by atoms with van der Waals surface area (Å²) in [5, 5.41) is 21.4. The zero-order valence-corrected chi connectivity index (χ0v) is 12.4. The molecule has 1 atom stereocenters. The monoisotopic (exact) mass is 294 g/mol. The first-order valence-electron chi connectivity index (χ1n) is 7.16. The second-order valence-electron chi connectivity index (χ2n) is 5.15. The summed E-state index contributed by atoms with van der Waals surface area (Å²) < 4.78 is 0. The molecule has 112 valence electrons. The van der Waals surface area contributed by atoms with Crippen molar-refractivity contribution in [3.63, 3.8) is 0 Å². The van der Waals surface area contributed by atoms with Gasteiger partial charge in [-0.3, -0.25) is 4.79 Å². The van der Waals surface area contributed by atoms with E-state index in [0.717, 1.165) is 11.1 Å². The molecule has 0 heterocycles. The van der Waals surface area contributed by atoms with Crippen molar-refractivity contribution in [1.82, 2.24) is 5.32 Å². The van der Waals surface area contributed by atoms with E-state index in [1.54, 1.807) is 24.3 Å². The number of nitriles is 1. The van der Waals surface area contributed by atoms with Crippen LogP contribution in [0, 0.1) is 11.3 Å². The van der Waals surface area contributed by atoms with Crippen LogP contribution in [0.2, 0.25) is 0 Å². The molecule has 2 rings (SSSR count). The van der Waals surface area contributed by atoms with Gasteiger partial charge in [0.15, 0.2) is 0 Å². The summed E-state index contributed by atoms with van der Waals surface area (Å²) in [5.74, 6) is 0.149. The van der Waals surface area contributed by atoms with Crippen molar-refractivity contribution in [3.8, 4) is 11.8 Å². The number of nitrogens with zero attached hydrogens (tertiary/aromatic N) is 1. The molecule has 0 saturated heterocycles. The number of hydrogen-bond donors (Lipinski definition) is 2. The molecule has 0 aliphatic carbocycles. The van der Waals surface area contributed by atoms with Gasteiger partial charge in [-0.15, -0.1) is 0 Å². The van der Waals surface area contributed by atoms with Gasteiger partial charge in [-0.2, -0.15) is 5.26 Å². The highest BCUT2D eigenvalue weighted by molar-refractivity contribution is 5.76. The first-order valence-corrected chi connectivity index (χ1v) is 7.16. The molecule has 0 spiro atoms. The molecular formula is C18H18N2O2. The highest BCUT2D eigenvalue weighted by atomic mass is 16.3. The Kier molecular flexibility index (Phi) is 5.16. The van der Waals surface area contributed by atoms with Crippen molar-refractivity contribution in [2.45, 2.75) is 25.8 Å². The fourth-order valence-electron chi connectivity index (χ4n) is 2.21. The average Bonchev–Trinajstić information content (AvgIpc) is 2.54. The molecule has 2 aromatic rings. The van der Waals surface area contributed by atoms with Crippen molar-refractivity contribution < 1.29 is 9.90 Å². The molecule has 2 N–H and O–H groups in total. The van der Waals surface area contributed by atoms with Crippen molar-refractivity contribution in [2.24, 2.45) is 0 Å². The van der Waals surface area contributed by atoms with E-state index in [1.807, 2.05) is 31.2 Å². The fraction of sp³-hybridized carbons (Fsp3) is 0.222. The lowest BCUT2D eigenvalue weighted by Gasteiger charge is -2.14. The van der Waals surface area contributed by atoms with Gasteiger partial charge in [0, 0.05) is 6.42 Å². The second kappa shape index (κ2) is 7.28. The van der Waals surface area contributed by atoms with Crippen LogP contribution in [0.15, 0.2) is 48.5 Å². The van der Waals surface area contributed by atoms with E-state index in [2.05, 4.69) is 11.4 Å². The largest absolute Gasteiger partial charge is 0.508 e. The first-order chi connectivity index (χ1) is 10.6. The third-order valence-corrected chi connectivity index (χ3v) is 3.53. The average molecular weight is 294 g/mol. The molecule has 0 aliphatic heterocycles. The SMILES string of the molecule is CC(NC(=O)CCc1ccccc1O)c1ccc(C#N)cc1. The van der Waals surface area contributed by atoms with E-state index in [1.165, 1.54) is 0 Å². The van der Waals surface area contributed by atoms with Gasteiger partial charge in [-0.1, -0.05) is 30.3 Å². The Balaban J connectivity index is 1.88. The van der Waals surface area contributed by atoms with Gasteiger partial charge < -0.3 is 10.4 Å². The number of amides is 1. The number of carbonyl (C=O) groups is 1. The van der Waals surface area contributed by atoms with Crippen LogP contribution in [0.5, 0.6) is 5.75 Å². The number of hydrogen-bond acceptors (Lipinski definition) is 3. The topological polar surface area (TPSA) is 73.1 Å². The lowest BCUT2D eigenvalue weighted by atomic mass is 10.1. The van der Waals surface area contributed by atoms with Crippen LogP contribution in [0.1, 0.15) is 36.1 Å². The van der Waals surface area contributed by atoms with E-state index in [9.17, 15) is 9.90 Å². The first kappa shape index (κ1) is 15.6. The van der Waals surface area contributed by atoms with Crippen LogP contribution in [-0.4, -0.2) is 11.0 Å². The number of phenolic OH excluding ortho intramolecular Hbond substituents is 1. The Morgan fingerprint density at radius 3 is 2.55 bits per heavy atom. The molecular weight excluding hydrogens is 276 g/mol. The molecule has 1 unspecified atom stereocenters. The van der Waals surface area contributed by atoms with E-state index in [4.69, 9.17) is 5.26 Å². The Hall–Kier alpha value is -2.80. The zero-order chi connectivity index (χ0) is 15.9. The van der Waals surface area contributed by atoms with Gasteiger partial charge in [-0.25, -0.2) is 0 Å². The van der Waals surface area contributed by atoms with Crippen molar-refractivity contribution >= 4 is 5.91 Å². The molecule has 0 radical (unpaired) electrons. The molecule has 0 bridgehead atoms. The summed E-state index contributed by atoms with van der Waals surface area (Å²) in [7, 11) is 0. The number of carbonyl (C=O) groups excluding carboxylic acids is 1. The predicted molar refractivity (Wildman–Crippen MR) is 84.1 cm³/mol. The minimum Gasteiger partial charge on any atom is -0.508 e. The molecule has 4 heteroatoms. The predicted octanol–water partition coefficient (Wildman–Crippen LogP) is 3.07. The maximum absolute atomic E-state index is 12.0. The molecule has 0 aliphatic rings. The van der Waals surface area contributed by atoms with Crippen LogP contribution in [0.4, 0.5) is 0 Å². The highest BCUT2D eigenvalue weighted by Gasteiger charge is 2.10. The number of para-hydroxylation sites is 1. The Labute approximate surface area is 130 Å². The summed E-state index contributed by atoms with van der Waals surface area (Å²) in [6.07, 6.45) is 0.816. The van der Waals surface area contributed by atoms with E-state index < -0.39 is 0 Å². The Morgan fingerprint density at radius 2 is 1.91 bits per heavy atom. The normalized spacial score (nSPS) is 11.5. The summed E-state index contributed by atoms with van der Waals surface area (Å²) in [6.45, 7) is 1.90. The van der Waals surface area contributed by atoms with Crippen molar-refractivity contribution in [3.05, 3.63) is 65.2 Å². The summed E-state index contributed by atoms with van der Waals surface area (Å²) in [5.41, 5.74) is 2.32. The lowest BCUT2D eigenvalue weighted by Crippen LogP contribution is -2.26. The van der Waals surface area contributed by atoms with E-state index in [0.29, 0.717) is 18.4 Å². The smallest absolute Gasteiger partial charge is 0.220 e. The van der Waals surface area contributed by atoms with Gasteiger partial charge in [0.05, 0.1) is 17.7 Å². The minimum atomic E-state index is -0.121. The number of nitrogens with one attached hydrogen (secondary N) is 1. The number of aryl methyl sites for hydroxylation is 1. The van der Waals surface area contributed by atoms with Crippen LogP contribution >= 0.6 is 0 Å². The summed E-state index contributed by atoms with van der Waals surface area (Å²) in [4.78, 5) is 12.0. The third-order valence-electron chi connectivity index (χ3n) is 3.53. The minimum absolute atomic E-state index is 0.0693. The maximum Gasteiger partial charge on any atom is 0.220 e. The molecule has 0 saturated carbocycles. The zero-order valence-electron chi connectivity index (χ0n) is 12.4. The van der Waals surface area contributed by atoms with Gasteiger partial charge in [-0.05, 0) is 42.7 Å². The lowest BCUT2D eigenvalue weighted by molar-refractivity contribution is -0.121. The molecule has 1 amide bonds. The molecule has 0 aromatic heterocycles. The van der Waals surface area contributed by atoms with Gasteiger partial charge in [0.25, 0.3) is 0 Å². The van der Waals surface area contributed by atoms with Crippen molar-refractivity contribution in [2.75, 3.05) is 0 Å². The molecule has 4 nitrogen and oxygen atoms in total. The Bertz CT molecular complexity index is 687. The highest BCUT2D eigenvalue weighted by Crippen LogP contribution is 2.18. The van der Waals surface area contributed by atoms with Crippen LogP contribution in [-0.2, 0) is 11.2 Å². The molecule has 2 aromatic carbocycles. The number of benzene rings is 2. The standard InChI is InChI=1S/C18H18N2O2/c1-13(15-8-6-14(12-19)7-9-15)20-18(22)11-10-16-4-2-3-5-17(16)21/h2-9,13,21H,10-11H2,1H3,(H,20,22).